The van der Waals surface area contributed by atoms with Gasteiger partial charge < -0.3 is 10.0 Å². The summed E-state index contributed by atoms with van der Waals surface area (Å²) in [7, 11) is 0. The summed E-state index contributed by atoms with van der Waals surface area (Å²) < 4.78 is 0. The van der Waals surface area contributed by atoms with E-state index < -0.39 is 5.97 Å². The molecule has 6 heteroatoms. The molecular weight excluding hydrogens is 264 g/mol. The Morgan fingerprint density at radius 3 is 2.74 bits per heavy atom. The molecule has 102 valence electrons. The molecule has 1 aromatic rings. The molecule has 1 aliphatic rings. The van der Waals surface area contributed by atoms with Crippen molar-refractivity contribution in [3.63, 3.8) is 0 Å². The Balaban J connectivity index is 1.89. The monoisotopic (exact) mass is 280 g/mol. The fourth-order valence-electron chi connectivity index (χ4n) is 1.78. The predicted molar refractivity (Wildman–Crippen MR) is 72.8 cm³/mol. The number of amides is 1. The largest absolute Gasteiger partial charge is 0.481 e. The summed E-state index contributed by atoms with van der Waals surface area (Å²) in [6.45, 7) is 0.512. The van der Waals surface area contributed by atoms with Gasteiger partial charge in [0.15, 0.2) is 0 Å². The number of carbonyl (C=O) groups excluding carboxylic acids is 1. The Kier molecular flexibility index (Phi) is 4.79. The highest BCUT2D eigenvalue weighted by Gasteiger charge is 2.32. The number of carboxylic acid groups (broad SMARTS) is 1. The standard InChI is InChI=1S/C13H16N2O3S/c16-12(8-19-9-13(17)18)15(11-4-5-11)7-10-3-1-2-6-14-10/h1-3,6,11H,4-5,7-9H2,(H,17,18). The number of nitrogens with zero attached hydrogens (tertiary/aromatic N) is 2. The molecule has 5 nitrogen and oxygen atoms in total. The van der Waals surface area contributed by atoms with Gasteiger partial charge in [-0.05, 0) is 25.0 Å². The summed E-state index contributed by atoms with van der Waals surface area (Å²) >= 11 is 1.14. The van der Waals surface area contributed by atoms with E-state index in [0.29, 0.717) is 12.6 Å². The number of carbonyl (C=O) groups is 2. The topological polar surface area (TPSA) is 70.5 Å². The van der Waals surface area contributed by atoms with Gasteiger partial charge in [-0.2, -0.15) is 0 Å². The molecule has 0 unspecified atom stereocenters. The van der Waals surface area contributed by atoms with E-state index in [1.807, 2.05) is 23.1 Å². The third kappa shape index (κ3) is 4.55. The van der Waals surface area contributed by atoms with Crippen LogP contribution in [0.25, 0.3) is 0 Å². The number of aliphatic carboxylic acids is 1. The van der Waals surface area contributed by atoms with Crippen LogP contribution in [0.2, 0.25) is 0 Å². The molecule has 1 aromatic heterocycles. The van der Waals surface area contributed by atoms with Crippen molar-refractivity contribution in [1.29, 1.82) is 0 Å². The predicted octanol–water partition coefficient (Wildman–Crippen LogP) is 1.39. The highest BCUT2D eigenvalue weighted by atomic mass is 32.2. The maximum atomic E-state index is 12.1. The Hall–Kier alpha value is -1.56. The van der Waals surface area contributed by atoms with Crippen molar-refractivity contribution in [3.05, 3.63) is 30.1 Å². The zero-order valence-electron chi connectivity index (χ0n) is 10.5. The number of carboxylic acids is 1. The van der Waals surface area contributed by atoms with Crippen LogP contribution in [0.5, 0.6) is 0 Å². The second kappa shape index (κ2) is 6.56. The molecule has 1 fully saturated rings. The summed E-state index contributed by atoms with van der Waals surface area (Å²) in [5.41, 5.74) is 0.867. The molecule has 1 saturated carbocycles. The maximum Gasteiger partial charge on any atom is 0.313 e. The molecule has 0 saturated heterocycles. The molecule has 0 bridgehead atoms. The third-order valence-corrected chi connectivity index (χ3v) is 3.72. The first-order chi connectivity index (χ1) is 9.16. The number of hydrogen-bond acceptors (Lipinski definition) is 4. The minimum atomic E-state index is -0.888. The Morgan fingerprint density at radius 1 is 1.37 bits per heavy atom. The summed E-state index contributed by atoms with van der Waals surface area (Å²) in [6, 6.07) is 5.94. The van der Waals surface area contributed by atoms with Crippen molar-refractivity contribution in [2.45, 2.75) is 25.4 Å². The van der Waals surface area contributed by atoms with Crippen LogP contribution in [0.1, 0.15) is 18.5 Å². The average Bonchev–Trinajstić information content (AvgIpc) is 3.21. The van der Waals surface area contributed by atoms with E-state index in [-0.39, 0.29) is 17.4 Å². The molecule has 0 aliphatic heterocycles. The summed E-state index contributed by atoms with van der Waals surface area (Å²) in [5, 5.41) is 8.57. The zero-order valence-corrected chi connectivity index (χ0v) is 11.3. The van der Waals surface area contributed by atoms with Gasteiger partial charge in [-0.1, -0.05) is 6.07 Å². The van der Waals surface area contributed by atoms with Gasteiger partial charge in [0.05, 0.1) is 23.7 Å². The molecular formula is C13H16N2O3S. The van der Waals surface area contributed by atoms with Crippen molar-refractivity contribution in [2.75, 3.05) is 11.5 Å². The summed E-state index contributed by atoms with van der Waals surface area (Å²) in [6.07, 6.45) is 3.77. The first kappa shape index (κ1) is 13.9. The van der Waals surface area contributed by atoms with E-state index in [9.17, 15) is 9.59 Å². The Bertz CT molecular complexity index is 448. The molecule has 1 aliphatic carbocycles. The van der Waals surface area contributed by atoms with Gasteiger partial charge in [-0.15, -0.1) is 11.8 Å². The lowest BCUT2D eigenvalue weighted by atomic mass is 10.3. The minimum Gasteiger partial charge on any atom is -0.481 e. The van der Waals surface area contributed by atoms with Gasteiger partial charge in [0.2, 0.25) is 5.91 Å². The smallest absolute Gasteiger partial charge is 0.313 e. The SMILES string of the molecule is O=C(O)CSCC(=O)N(Cc1ccccn1)C1CC1. The van der Waals surface area contributed by atoms with E-state index in [0.717, 1.165) is 30.3 Å². The second-order valence-corrected chi connectivity index (χ2v) is 5.45. The zero-order chi connectivity index (χ0) is 13.7. The van der Waals surface area contributed by atoms with Crippen molar-refractivity contribution < 1.29 is 14.7 Å². The van der Waals surface area contributed by atoms with Crippen LogP contribution in [-0.4, -0.2) is 44.4 Å². The van der Waals surface area contributed by atoms with Crippen molar-refractivity contribution in [3.8, 4) is 0 Å². The first-order valence-corrected chi connectivity index (χ1v) is 7.31. The number of rotatable bonds is 7. The van der Waals surface area contributed by atoms with Gasteiger partial charge >= 0.3 is 5.97 Å². The molecule has 19 heavy (non-hydrogen) atoms. The van der Waals surface area contributed by atoms with Crippen LogP contribution in [0.4, 0.5) is 0 Å². The van der Waals surface area contributed by atoms with Gasteiger partial charge in [-0.3, -0.25) is 14.6 Å². The Morgan fingerprint density at radius 2 is 2.16 bits per heavy atom. The van der Waals surface area contributed by atoms with E-state index in [1.54, 1.807) is 6.20 Å². The van der Waals surface area contributed by atoms with E-state index in [4.69, 9.17) is 5.11 Å². The van der Waals surface area contributed by atoms with Gasteiger partial charge in [-0.25, -0.2) is 0 Å². The van der Waals surface area contributed by atoms with E-state index in [2.05, 4.69) is 4.98 Å². The highest BCUT2D eigenvalue weighted by molar-refractivity contribution is 8.00. The summed E-state index contributed by atoms with van der Waals surface area (Å²) in [5.74, 6) is -0.705. The van der Waals surface area contributed by atoms with Crippen molar-refractivity contribution >= 4 is 23.6 Å². The second-order valence-electron chi connectivity index (χ2n) is 4.46. The van der Waals surface area contributed by atoms with Crippen LogP contribution < -0.4 is 0 Å². The molecule has 1 amide bonds. The molecule has 1 heterocycles. The quantitative estimate of drug-likeness (QED) is 0.817. The minimum absolute atomic E-state index is 0.000553. The van der Waals surface area contributed by atoms with Crippen molar-refractivity contribution in [2.24, 2.45) is 0 Å². The van der Waals surface area contributed by atoms with Crippen LogP contribution in [0.3, 0.4) is 0 Å². The van der Waals surface area contributed by atoms with Gasteiger partial charge in [0.25, 0.3) is 0 Å². The highest BCUT2D eigenvalue weighted by Crippen LogP contribution is 2.28. The fraction of sp³-hybridized carbons (Fsp3) is 0.462. The number of thioether (sulfide) groups is 1. The lowest BCUT2D eigenvalue weighted by Crippen LogP contribution is -2.34. The van der Waals surface area contributed by atoms with Crippen LogP contribution >= 0.6 is 11.8 Å². The number of pyridine rings is 1. The van der Waals surface area contributed by atoms with Crippen LogP contribution in [0, 0.1) is 0 Å². The molecule has 0 radical (unpaired) electrons. The van der Waals surface area contributed by atoms with Gasteiger partial charge in [0.1, 0.15) is 0 Å². The number of aromatic nitrogens is 1. The van der Waals surface area contributed by atoms with Crippen molar-refractivity contribution in [1.82, 2.24) is 9.88 Å². The first-order valence-electron chi connectivity index (χ1n) is 6.15. The lowest BCUT2D eigenvalue weighted by molar-refractivity contribution is -0.133. The molecule has 0 spiro atoms. The molecule has 0 aromatic carbocycles. The fourth-order valence-corrected chi connectivity index (χ4v) is 2.40. The van der Waals surface area contributed by atoms with Gasteiger partial charge in [0, 0.05) is 12.2 Å². The molecule has 2 rings (SSSR count). The summed E-state index contributed by atoms with van der Waals surface area (Å²) in [4.78, 5) is 28.6. The van der Waals surface area contributed by atoms with Crippen LogP contribution in [-0.2, 0) is 16.1 Å². The third-order valence-electron chi connectivity index (χ3n) is 2.82. The molecule has 0 atom stereocenters. The van der Waals surface area contributed by atoms with Crippen LogP contribution in [0.15, 0.2) is 24.4 Å². The molecule has 1 N–H and O–H groups in total. The lowest BCUT2D eigenvalue weighted by Gasteiger charge is -2.21. The average molecular weight is 280 g/mol. The van der Waals surface area contributed by atoms with E-state index in [1.165, 1.54) is 0 Å². The Labute approximate surface area is 116 Å². The maximum absolute atomic E-state index is 12.1. The van der Waals surface area contributed by atoms with E-state index >= 15 is 0 Å². The number of hydrogen-bond donors (Lipinski definition) is 1. The normalized spacial score (nSPS) is 14.1.